The van der Waals surface area contributed by atoms with Crippen molar-refractivity contribution in [1.29, 1.82) is 0 Å². The van der Waals surface area contributed by atoms with Gasteiger partial charge < -0.3 is 4.74 Å². The van der Waals surface area contributed by atoms with Crippen molar-refractivity contribution in [2.24, 2.45) is 0 Å². The molecule has 1 aliphatic rings. The molecular weight excluding hydrogens is 222 g/mol. The lowest BCUT2D eigenvalue weighted by atomic mass is 10.1. The number of rotatable bonds is 6. The van der Waals surface area contributed by atoms with E-state index < -0.39 is 0 Å². The monoisotopic (exact) mass is 247 g/mol. The van der Waals surface area contributed by atoms with E-state index in [-0.39, 0.29) is 5.60 Å². The fraction of sp³-hybridized carbons (Fsp3) is 1.00. The van der Waals surface area contributed by atoms with Gasteiger partial charge in [0, 0.05) is 18.5 Å². The molecule has 1 rings (SSSR count). The van der Waals surface area contributed by atoms with E-state index >= 15 is 0 Å². The predicted molar refractivity (Wildman–Crippen MR) is 70.2 cm³/mol. The van der Waals surface area contributed by atoms with Crippen LogP contribution in [-0.4, -0.2) is 41.6 Å². The van der Waals surface area contributed by atoms with Crippen LogP contribution in [0, 0.1) is 0 Å². The molecule has 0 aromatic rings. The molecule has 0 aromatic heterocycles. The van der Waals surface area contributed by atoms with Gasteiger partial charge in [-0.2, -0.15) is 0 Å². The molecule has 3 heteroatoms. The smallest absolute Gasteiger partial charge is 0.0710 e. The summed E-state index contributed by atoms with van der Waals surface area (Å²) in [5.41, 5.74) is 0.0831. The van der Waals surface area contributed by atoms with Crippen LogP contribution < -0.4 is 0 Å². The van der Waals surface area contributed by atoms with Gasteiger partial charge in [0.2, 0.25) is 0 Å². The third-order valence-electron chi connectivity index (χ3n) is 3.30. The van der Waals surface area contributed by atoms with Crippen LogP contribution in [0.4, 0.5) is 0 Å². The normalized spacial score (nSPS) is 24.6. The first-order valence-electron chi connectivity index (χ1n) is 6.42. The van der Waals surface area contributed by atoms with Crippen molar-refractivity contribution in [2.75, 3.05) is 19.0 Å². The number of ether oxygens (including phenoxy) is 1. The molecule has 0 aliphatic carbocycles. The SMILES string of the molecule is CC(C)N(CCCCl)CC1CCC(C)(C)O1. The summed E-state index contributed by atoms with van der Waals surface area (Å²) in [6.45, 7) is 11.0. The molecule has 1 atom stereocenters. The molecule has 96 valence electrons. The van der Waals surface area contributed by atoms with Gasteiger partial charge in [0.15, 0.2) is 0 Å². The van der Waals surface area contributed by atoms with Crippen LogP contribution in [0.1, 0.15) is 47.0 Å². The van der Waals surface area contributed by atoms with Crippen LogP contribution in [0.3, 0.4) is 0 Å². The Hall–Kier alpha value is 0.210. The van der Waals surface area contributed by atoms with Crippen LogP contribution in [0.25, 0.3) is 0 Å². The highest BCUT2D eigenvalue weighted by Crippen LogP contribution is 2.29. The predicted octanol–water partition coefficient (Wildman–Crippen LogP) is 3.28. The minimum Gasteiger partial charge on any atom is -0.371 e. The molecule has 0 radical (unpaired) electrons. The van der Waals surface area contributed by atoms with Crippen LogP contribution in [-0.2, 0) is 4.74 Å². The Labute approximate surface area is 105 Å². The lowest BCUT2D eigenvalue weighted by Gasteiger charge is -2.29. The highest BCUT2D eigenvalue weighted by atomic mass is 35.5. The Morgan fingerprint density at radius 2 is 2.12 bits per heavy atom. The van der Waals surface area contributed by atoms with Gasteiger partial charge >= 0.3 is 0 Å². The molecule has 16 heavy (non-hydrogen) atoms. The first-order chi connectivity index (χ1) is 7.44. The third-order valence-corrected chi connectivity index (χ3v) is 3.57. The summed E-state index contributed by atoms with van der Waals surface area (Å²) in [4.78, 5) is 2.48. The summed E-state index contributed by atoms with van der Waals surface area (Å²) < 4.78 is 6.03. The minimum absolute atomic E-state index is 0.0831. The summed E-state index contributed by atoms with van der Waals surface area (Å²) in [5.74, 6) is 0.750. The number of alkyl halides is 1. The van der Waals surface area contributed by atoms with Gasteiger partial charge in [0.25, 0.3) is 0 Å². The van der Waals surface area contributed by atoms with Crippen molar-refractivity contribution in [1.82, 2.24) is 4.90 Å². The molecule has 1 fully saturated rings. The molecule has 0 bridgehead atoms. The molecule has 1 aliphatic heterocycles. The van der Waals surface area contributed by atoms with Gasteiger partial charge in [-0.1, -0.05) is 0 Å². The third kappa shape index (κ3) is 4.60. The second-order valence-corrected chi connectivity index (χ2v) is 6.05. The summed E-state index contributed by atoms with van der Waals surface area (Å²) in [7, 11) is 0. The maximum Gasteiger partial charge on any atom is 0.0710 e. The fourth-order valence-corrected chi connectivity index (χ4v) is 2.41. The summed E-state index contributed by atoms with van der Waals surface area (Å²) >= 11 is 5.75. The van der Waals surface area contributed by atoms with Crippen LogP contribution in [0.2, 0.25) is 0 Å². The van der Waals surface area contributed by atoms with Gasteiger partial charge in [-0.3, -0.25) is 4.90 Å². The fourth-order valence-electron chi connectivity index (χ4n) is 2.29. The number of hydrogen-bond acceptors (Lipinski definition) is 2. The van der Waals surface area contributed by atoms with E-state index in [0.717, 1.165) is 25.4 Å². The van der Waals surface area contributed by atoms with Crippen molar-refractivity contribution in [3.05, 3.63) is 0 Å². The van der Waals surface area contributed by atoms with Crippen LogP contribution >= 0.6 is 11.6 Å². The lowest BCUT2D eigenvalue weighted by Crippen LogP contribution is -2.39. The number of nitrogens with zero attached hydrogens (tertiary/aromatic N) is 1. The first-order valence-corrected chi connectivity index (χ1v) is 6.96. The van der Waals surface area contributed by atoms with Gasteiger partial charge in [-0.25, -0.2) is 0 Å². The van der Waals surface area contributed by atoms with Gasteiger partial charge in [0.1, 0.15) is 0 Å². The Balaban J connectivity index is 2.37. The molecular formula is C13H26ClNO. The standard InChI is InChI=1S/C13H26ClNO/c1-11(2)15(9-5-8-14)10-12-6-7-13(3,4)16-12/h11-12H,5-10H2,1-4H3. The average Bonchev–Trinajstić information content (AvgIpc) is 2.52. The Morgan fingerprint density at radius 3 is 2.56 bits per heavy atom. The Morgan fingerprint density at radius 1 is 1.44 bits per heavy atom. The molecule has 1 heterocycles. The van der Waals surface area contributed by atoms with Crippen molar-refractivity contribution in [3.8, 4) is 0 Å². The quantitative estimate of drug-likeness (QED) is 0.668. The zero-order valence-corrected chi connectivity index (χ0v) is 11.9. The summed E-state index contributed by atoms with van der Waals surface area (Å²) in [6.07, 6.45) is 3.85. The first kappa shape index (κ1) is 14.3. The maximum absolute atomic E-state index is 6.03. The second-order valence-electron chi connectivity index (χ2n) is 5.67. The molecule has 2 nitrogen and oxygen atoms in total. The zero-order chi connectivity index (χ0) is 12.2. The number of halogens is 1. The van der Waals surface area contributed by atoms with E-state index in [1.807, 2.05) is 0 Å². The molecule has 1 unspecified atom stereocenters. The highest BCUT2D eigenvalue weighted by molar-refractivity contribution is 6.17. The Bertz CT molecular complexity index is 206. The molecule has 0 spiro atoms. The summed E-state index contributed by atoms with van der Waals surface area (Å²) in [5, 5.41) is 0. The summed E-state index contributed by atoms with van der Waals surface area (Å²) in [6, 6.07) is 0.579. The average molecular weight is 248 g/mol. The topological polar surface area (TPSA) is 12.5 Å². The van der Waals surface area contributed by atoms with E-state index in [9.17, 15) is 0 Å². The van der Waals surface area contributed by atoms with E-state index in [2.05, 4.69) is 32.6 Å². The molecule has 1 saturated heterocycles. The Kier molecular flexibility index (Phi) is 5.55. The van der Waals surface area contributed by atoms with Crippen molar-refractivity contribution in [2.45, 2.75) is 64.7 Å². The van der Waals surface area contributed by atoms with E-state index in [4.69, 9.17) is 16.3 Å². The number of hydrogen-bond donors (Lipinski definition) is 0. The minimum atomic E-state index is 0.0831. The van der Waals surface area contributed by atoms with E-state index in [1.165, 1.54) is 12.8 Å². The lowest BCUT2D eigenvalue weighted by molar-refractivity contribution is -0.0320. The zero-order valence-electron chi connectivity index (χ0n) is 11.1. The van der Waals surface area contributed by atoms with Crippen LogP contribution in [0.5, 0.6) is 0 Å². The van der Waals surface area contributed by atoms with Crippen molar-refractivity contribution in [3.63, 3.8) is 0 Å². The second kappa shape index (κ2) is 6.23. The van der Waals surface area contributed by atoms with Crippen LogP contribution in [0.15, 0.2) is 0 Å². The highest BCUT2D eigenvalue weighted by Gasteiger charge is 2.32. The van der Waals surface area contributed by atoms with E-state index in [0.29, 0.717) is 12.1 Å². The largest absolute Gasteiger partial charge is 0.371 e. The van der Waals surface area contributed by atoms with Gasteiger partial charge in [-0.05, 0) is 53.5 Å². The van der Waals surface area contributed by atoms with Crippen molar-refractivity contribution >= 4 is 11.6 Å². The molecule has 0 N–H and O–H groups in total. The molecule has 0 aromatic carbocycles. The molecule has 0 amide bonds. The van der Waals surface area contributed by atoms with Gasteiger partial charge in [0.05, 0.1) is 11.7 Å². The maximum atomic E-state index is 6.03. The molecule has 0 saturated carbocycles. The van der Waals surface area contributed by atoms with E-state index in [1.54, 1.807) is 0 Å². The van der Waals surface area contributed by atoms with Gasteiger partial charge in [-0.15, -0.1) is 11.6 Å². The van der Waals surface area contributed by atoms with Crippen molar-refractivity contribution < 1.29 is 4.74 Å².